The first-order chi connectivity index (χ1) is 9.96. The molecule has 1 aliphatic carbocycles. The summed E-state index contributed by atoms with van der Waals surface area (Å²) >= 11 is 1.60. The van der Waals surface area contributed by atoms with Crippen LogP contribution >= 0.6 is 11.3 Å². The quantitative estimate of drug-likeness (QED) is 0.783. The van der Waals surface area contributed by atoms with Gasteiger partial charge in [0.05, 0.1) is 16.4 Å². The van der Waals surface area contributed by atoms with Crippen LogP contribution in [-0.2, 0) is 22.7 Å². The number of carbonyl (C=O) groups excluding carboxylic acids is 1. The van der Waals surface area contributed by atoms with Crippen molar-refractivity contribution < 1.29 is 13.2 Å². The first-order valence-electron chi connectivity index (χ1n) is 7.55. The van der Waals surface area contributed by atoms with Gasteiger partial charge < -0.3 is 4.90 Å². The highest BCUT2D eigenvalue weighted by atomic mass is 32.2. The third kappa shape index (κ3) is 3.16. The molecular weight excluding hydrogens is 306 g/mol. The van der Waals surface area contributed by atoms with E-state index in [2.05, 4.69) is 0 Å². The summed E-state index contributed by atoms with van der Waals surface area (Å²) in [7, 11) is -1.22. The third-order valence-electron chi connectivity index (χ3n) is 4.53. The number of sulfone groups is 1. The molecule has 0 bridgehead atoms. The summed E-state index contributed by atoms with van der Waals surface area (Å²) in [4.78, 5) is 16.3. The number of thiophene rings is 1. The van der Waals surface area contributed by atoms with Gasteiger partial charge in [-0.3, -0.25) is 4.79 Å². The minimum Gasteiger partial charge on any atom is -0.337 e. The van der Waals surface area contributed by atoms with Gasteiger partial charge in [0.15, 0.2) is 9.84 Å². The van der Waals surface area contributed by atoms with Crippen molar-refractivity contribution >= 4 is 27.1 Å². The number of hydrogen-bond donors (Lipinski definition) is 0. The van der Waals surface area contributed by atoms with E-state index in [0.29, 0.717) is 6.42 Å². The zero-order valence-electron chi connectivity index (χ0n) is 12.3. The average molecular weight is 327 g/mol. The lowest BCUT2D eigenvalue weighted by molar-refractivity contribution is 0.0752. The molecule has 0 radical (unpaired) electrons. The summed E-state index contributed by atoms with van der Waals surface area (Å²) in [6, 6.07) is 1.87. The minimum atomic E-state index is -2.95. The number of rotatable bonds is 2. The first-order valence-corrected chi connectivity index (χ1v) is 10.2. The van der Waals surface area contributed by atoms with Gasteiger partial charge in [-0.1, -0.05) is 6.42 Å². The fraction of sp³-hybridized carbons (Fsp3) is 0.667. The van der Waals surface area contributed by atoms with Crippen molar-refractivity contribution in [2.24, 2.45) is 0 Å². The van der Waals surface area contributed by atoms with Gasteiger partial charge >= 0.3 is 0 Å². The maximum Gasteiger partial charge on any atom is 0.263 e. The highest BCUT2D eigenvalue weighted by Gasteiger charge is 2.33. The van der Waals surface area contributed by atoms with Crippen LogP contribution in [0.15, 0.2) is 6.07 Å². The van der Waals surface area contributed by atoms with Gasteiger partial charge in [-0.15, -0.1) is 11.3 Å². The Labute approximate surface area is 130 Å². The molecule has 1 saturated heterocycles. The van der Waals surface area contributed by atoms with Crippen molar-refractivity contribution in [2.75, 3.05) is 18.6 Å². The van der Waals surface area contributed by atoms with E-state index in [1.807, 2.05) is 6.07 Å². The maximum atomic E-state index is 12.6. The van der Waals surface area contributed by atoms with Crippen molar-refractivity contribution in [1.82, 2.24) is 4.90 Å². The molecule has 2 aliphatic rings. The molecule has 1 atom stereocenters. The highest BCUT2D eigenvalue weighted by molar-refractivity contribution is 7.91. The van der Waals surface area contributed by atoms with E-state index in [4.69, 9.17) is 0 Å². The molecule has 1 aromatic rings. The van der Waals surface area contributed by atoms with E-state index in [1.54, 1.807) is 23.3 Å². The van der Waals surface area contributed by atoms with Crippen LogP contribution < -0.4 is 0 Å². The van der Waals surface area contributed by atoms with Crippen LogP contribution in [0.4, 0.5) is 0 Å². The third-order valence-corrected chi connectivity index (χ3v) is 7.51. The van der Waals surface area contributed by atoms with Crippen LogP contribution in [0.5, 0.6) is 0 Å². The minimum absolute atomic E-state index is 0.0184. The van der Waals surface area contributed by atoms with Gasteiger partial charge in [-0.05, 0) is 43.7 Å². The number of aryl methyl sites for hydroxylation is 2. The summed E-state index contributed by atoms with van der Waals surface area (Å²) < 4.78 is 23.1. The predicted octanol–water partition coefficient (Wildman–Crippen LogP) is 2.28. The number of hydrogen-bond acceptors (Lipinski definition) is 4. The van der Waals surface area contributed by atoms with Crippen LogP contribution in [0.25, 0.3) is 0 Å². The zero-order valence-corrected chi connectivity index (χ0v) is 13.9. The summed E-state index contributed by atoms with van der Waals surface area (Å²) in [5.74, 6) is 0.298. The Morgan fingerprint density at radius 3 is 2.76 bits per heavy atom. The summed E-state index contributed by atoms with van der Waals surface area (Å²) in [6.45, 7) is 0. The molecule has 4 nitrogen and oxygen atoms in total. The van der Waals surface area contributed by atoms with Crippen molar-refractivity contribution in [3.05, 3.63) is 21.4 Å². The molecule has 116 valence electrons. The van der Waals surface area contributed by atoms with Crippen LogP contribution in [0.2, 0.25) is 0 Å². The van der Waals surface area contributed by atoms with Gasteiger partial charge in [0.1, 0.15) is 0 Å². The van der Waals surface area contributed by atoms with E-state index in [0.717, 1.165) is 17.7 Å². The van der Waals surface area contributed by atoms with E-state index >= 15 is 0 Å². The molecule has 0 N–H and O–H groups in total. The lowest BCUT2D eigenvalue weighted by Gasteiger charge is -2.22. The molecule has 1 aliphatic heterocycles. The van der Waals surface area contributed by atoms with Crippen LogP contribution in [0.1, 0.15) is 45.8 Å². The second-order valence-electron chi connectivity index (χ2n) is 6.09. The molecular formula is C15H21NO3S2. The second-order valence-corrected chi connectivity index (χ2v) is 9.46. The van der Waals surface area contributed by atoms with Gasteiger partial charge in [0, 0.05) is 18.0 Å². The van der Waals surface area contributed by atoms with E-state index in [1.165, 1.54) is 29.7 Å². The Morgan fingerprint density at radius 1 is 1.29 bits per heavy atom. The maximum absolute atomic E-state index is 12.6. The molecule has 3 rings (SSSR count). The largest absolute Gasteiger partial charge is 0.337 e. The zero-order chi connectivity index (χ0) is 15.0. The van der Waals surface area contributed by atoms with E-state index in [-0.39, 0.29) is 23.5 Å². The van der Waals surface area contributed by atoms with Gasteiger partial charge in [0.2, 0.25) is 0 Å². The molecule has 0 saturated carbocycles. The molecule has 1 fully saturated rings. The number of fused-ring (bicyclic) bond motifs is 1. The summed E-state index contributed by atoms with van der Waals surface area (Å²) in [5.41, 5.74) is 1.33. The van der Waals surface area contributed by atoms with E-state index < -0.39 is 9.84 Å². The van der Waals surface area contributed by atoms with Crippen LogP contribution in [-0.4, -0.2) is 43.8 Å². The first kappa shape index (κ1) is 15.0. The molecule has 1 amide bonds. The van der Waals surface area contributed by atoms with Crippen LogP contribution in [0, 0.1) is 0 Å². The Kier molecular flexibility index (Phi) is 4.10. The normalized spacial score (nSPS) is 24.3. The van der Waals surface area contributed by atoms with Crippen molar-refractivity contribution in [2.45, 2.75) is 44.6 Å². The van der Waals surface area contributed by atoms with Crippen molar-refractivity contribution in [3.8, 4) is 0 Å². The standard InChI is InChI=1S/C15H21NO3S2/c1-16(12-7-8-21(18,19)10-12)15(17)14-9-11-5-3-2-4-6-13(11)20-14/h9,12H,2-8,10H2,1H3. The summed E-state index contributed by atoms with van der Waals surface area (Å²) in [5, 5.41) is 0. The molecule has 1 unspecified atom stereocenters. The van der Waals surface area contributed by atoms with Crippen LogP contribution in [0.3, 0.4) is 0 Å². The Balaban J connectivity index is 1.76. The van der Waals surface area contributed by atoms with E-state index in [9.17, 15) is 13.2 Å². The Morgan fingerprint density at radius 2 is 2.05 bits per heavy atom. The SMILES string of the molecule is CN(C(=O)c1cc2c(s1)CCCCC2)C1CCS(=O)(=O)C1. The van der Waals surface area contributed by atoms with Crippen molar-refractivity contribution in [1.29, 1.82) is 0 Å². The number of nitrogens with zero attached hydrogens (tertiary/aromatic N) is 1. The average Bonchev–Trinajstić information content (AvgIpc) is 2.94. The van der Waals surface area contributed by atoms with Gasteiger partial charge in [-0.25, -0.2) is 8.42 Å². The second kappa shape index (κ2) is 5.72. The van der Waals surface area contributed by atoms with Gasteiger partial charge in [-0.2, -0.15) is 0 Å². The topological polar surface area (TPSA) is 54.5 Å². The Hall–Kier alpha value is -0.880. The molecule has 6 heteroatoms. The molecule has 0 spiro atoms. The number of amides is 1. The lowest BCUT2D eigenvalue weighted by Crippen LogP contribution is -2.37. The lowest BCUT2D eigenvalue weighted by atomic mass is 10.1. The summed E-state index contributed by atoms with van der Waals surface area (Å²) in [6.07, 6.45) is 6.39. The highest BCUT2D eigenvalue weighted by Crippen LogP contribution is 2.30. The molecule has 2 heterocycles. The number of carbonyl (C=O) groups is 1. The monoisotopic (exact) mass is 327 g/mol. The fourth-order valence-electron chi connectivity index (χ4n) is 3.19. The molecule has 1 aromatic heterocycles. The molecule has 0 aromatic carbocycles. The predicted molar refractivity (Wildman–Crippen MR) is 84.7 cm³/mol. The molecule has 21 heavy (non-hydrogen) atoms. The smallest absolute Gasteiger partial charge is 0.263 e. The van der Waals surface area contributed by atoms with Gasteiger partial charge in [0.25, 0.3) is 5.91 Å². The Bertz CT molecular complexity index is 624. The fourth-order valence-corrected chi connectivity index (χ4v) is 6.20. The van der Waals surface area contributed by atoms with Crippen molar-refractivity contribution in [3.63, 3.8) is 0 Å².